The van der Waals surface area contributed by atoms with Gasteiger partial charge in [0.05, 0.1) is 0 Å². The maximum absolute atomic E-state index is 12.0. The largest absolute Gasteiger partial charge is 0.369 e. The molecule has 1 amide bonds. The van der Waals surface area contributed by atoms with E-state index in [1.165, 1.54) is 5.69 Å². The van der Waals surface area contributed by atoms with Crippen LogP contribution in [0, 0.1) is 0 Å². The van der Waals surface area contributed by atoms with Crippen LogP contribution in [0.2, 0.25) is 5.02 Å². The van der Waals surface area contributed by atoms with Crippen molar-refractivity contribution in [1.82, 2.24) is 15.2 Å². The van der Waals surface area contributed by atoms with Gasteiger partial charge in [0.25, 0.3) is 0 Å². The third kappa shape index (κ3) is 5.71. The molecule has 0 atom stereocenters. The summed E-state index contributed by atoms with van der Waals surface area (Å²) in [6, 6.07) is 13.8. The molecule has 0 aliphatic carbocycles. The van der Waals surface area contributed by atoms with Gasteiger partial charge >= 0.3 is 0 Å². The van der Waals surface area contributed by atoms with Crippen molar-refractivity contribution in [3.8, 4) is 0 Å². The van der Waals surface area contributed by atoms with Gasteiger partial charge in [-0.1, -0.05) is 17.7 Å². The van der Waals surface area contributed by atoms with Gasteiger partial charge in [-0.2, -0.15) is 0 Å². The lowest BCUT2D eigenvalue weighted by Crippen LogP contribution is -2.47. The van der Waals surface area contributed by atoms with E-state index in [4.69, 9.17) is 11.6 Å². The standard InChI is InChI=1S/C20H25ClN4O/c21-17-4-6-19(7-5-17)25-15-13-24(14-16-25)12-9-20(26)23-11-8-18-3-1-2-10-22-18/h1-7,10H,8-9,11-16H2,(H,23,26). The number of carbonyl (C=O) groups excluding carboxylic acids is 1. The van der Waals surface area contributed by atoms with Crippen molar-refractivity contribution in [2.24, 2.45) is 0 Å². The highest BCUT2D eigenvalue weighted by atomic mass is 35.5. The van der Waals surface area contributed by atoms with E-state index in [9.17, 15) is 4.79 Å². The lowest BCUT2D eigenvalue weighted by molar-refractivity contribution is -0.121. The lowest BCUT2D eigenvalue weighted by Gasteiger charge is -2.36. The van der Waals surface area contributed by atoms with Crippen LogP contribution in [-0.4, -0.2) is 55.1 Å². The molecule has 1 aromatic heterocycles. The second-order valence-electron chi connectivity index (χ2n) is 6.48. The molecular formula is C20H25ClN4O. The number of hydrogen-bond donors (Lipinski definition) is 1. The fourth-order valence-electron chi connectivity index (χ4n) is 3.11. The van der Waals surface area contributed by atoms with Gasteiger partial charge in [0.15, 0.2) is 0 Å². The Balaban J connectivity index is 1.32. The number of aromatic nitrogens is 1. The SMILES string of the molecule is O=C(CCN1CCN(c2ccc(Cl)cc2)CC1)NCCc1ccccn1. The smallest absolute Gasteiger partial charge is 0.221 e. The summed E-state index contributed by atoms with van der Waals surface area (Å²) in [5.41, 5.74) is 2.22. The molecule has 138 valence electrons. The number of amides is 1. The number of carbonyl (C=O) groups is 1. The van der Waals surface area contributed by atoms with E-state index in [0.29, 0.717) is 13.0 Å². The summed E-state index contributed by atoms with van der Waals surface area (Å²) in [6.07, 6.45) is 3.09. The first-order valence-corrected chi connectivity index (χ1v) is 9.48. The van der Waals surface area contributed by atoms with Gasteiger partial charge in [0.1, 0.15) is 0 Å². The van der Waals surface area contributed by atoms with Crippen LogP contribution < -0.4 is 10.2 Å². The van der Waals surface area contributed by atoms with Crippen molar-refractivity contribution in [1.29, 1.82) is 0 Å². The molecule has 2 aromatic rings. The van der Waals surface area contributed by atoms with Crippen LogP contribution in [0.15, 0.2) is 48.7 Å². The first kappa shape index (κ1) is 18.7. The molecule has 0 saturated carbocycles. The number of nitrogens with zero attached hydrogens (tertiary/aromatic N) is 3. The number of hydrogen-bond acceptors (Lipinski definition) is 4. The molecule has 1 aliphatic heterocycles. The molecule has 1 fully saturated rings. The summed E-state index contributed by atoms with van der Waals surface area (Å²) < 4.78 is 0. The van der Waals surface area contributed by atoms with Crippen molar-refractivity contribution in [2.75, 3.05) is 44.2 Å². The van der Waals surface area contributed by atoms with Gasteiger partial charge in [0.2, 0.25) is 5.91 Å². The van der Waals surface area contributed by atoms with Crippen molar-refractivity contribution >= 4 is 23.2 Å². The summed E-state index contributed by atoms with van der Waals surface area (Å²) in [6.45, 7) is 5.35. The van der Waals surface area contributed by atoms with Gasteiger partial charge in [-0.15, -0.1) is 0 Å². The summed E-state index contributed by atoms with van der Waals surface area (Å²) in [5, 5.41) is 3.75. The topological polar surface area (TPSA) is 48.5 Å². The normalized spacial score (nSPS) is 15.0. The van der Waals surface area contributed by atoms with Crippen molar-refractivity contribution in [3.63, 3.8) is 0 Å². The molecule has 3 rings (SSSR count). The first-order chi connectivity index (χ1) is 12.7. The Morgan fingerprint density at radius 1 is 1.08 bits per heavy atom. The molecule has 6 heteroatoms. The average molecular weight is 373 g/mol. The van der Waals surface area contributed by atoms with E-state index >= 15 is 0 Å². The predicted molar refractivity (Wildman–Crippen MR) is 106 cm³/mol. The van der Waals surface area contributed by atoms with Crippen LogP contribution in [0.5, 0.6) is 0 Å². The fourth-order valence-corrected chi connectivity index (χ4v) is 3.23. The summed E-state index contributed by atoms with van der Waals surface area (Å²) in [4.78, 5) is 21.0. The van der Waals surface area contributed by atoms with Crippen LogP contribution >= 0.6 is 11.6 Å². The first-order valence-electron chi connectivity index (χ1n) is 9.10. The molecule has 0 bridgehead atoms. The van der Waals surface area contributed by atoms with Gasteiger partial charge in [0, 0.05) is 74.7 Å². The third-order valence-corrected chi connectivity index (χ3v) is 4.90. The second-order valence-corrected chi connectivity index (χ2v) is 6.91. The number of piperazine rings is 1. The second kappa shape index (κ2) is 9.55. The number of pyridine rings is 1. The number of halogens is 1. The molecule has 2 heterocycles. The molecule has 1 aromatic carbocycles. The zero-order valence-corrected chi connectivity index (χ0v) is 15.7. The van der Waals surface area contributed by atoms with Crippen LogP contribution in [0.4, 0.5) is 5.69 Å². The molecule has 26 heavy (non-hydrogen) atoms. The Kier molecular flexibility index (Phi) is 6.86. The molecule has 1 aliphatic rings. The van der Waals surface area contributed by atoms with E-state index in [1.54, 1.807) is 6.20 Å². The van der Waals surface area contributed by atoms with Crippen LogP contribution in [-0.2, 0) is 11.2 Å². The van der Waals surface area contributed by atoms with Gasteiger partial charge in [-0.25, -0.2) is 0 Å². The Morgan fingerprint density at radius 3 is 2.54 bits per heavy atom. The van der Waals surface area contributed by atoms with Gasteiger partial charge in [-0.05, 0) is 36.4 Å². The van der Waals surface area contributed by atoms with Gasteiger partial charge in [-0.3, -0.25) is 14.7 Å². The van der Waals surface area contributed by atoms with Crippen LogP contribution in [0.3, 0.4) is 0 Å². The Bertz CT molecular complexity index is 685. The van der Waals surface area contributed by atoms with Gasteiger partial charge < -0.3 is 10.2 Å². The summed E-state index contributed by atoms with van der Waals surface area (Å²) >= 11 is 5.95. The molecular weight excluding hydrogens is 348 g/mol. The monoisotopic (exact) mass is 372 g/mol. The highest BCUT2D eigenvalue weighted by molar-refractivity contribution is 6.30. The Labute approximate surface area is 160 Å². The molecule has 5 nitrogen and oxygen atoms in total. The predicted octanol–water partition coefficient (Wildman–Crippen LogP) is 2.61. The summed E-state index contributed by atoms with van der Waals surface area (Å²) in [7, 11) is 0. The average Bonchev–Trinajstić information content (AvgIpc) is 2.68. The molecule has 0 spiro atoms. The van der Waals surface area contributed by atoms with Crippen LogP contribution in [0.25, 0.3) is 0 Å². The molecule has 1 N–H and O–H groups in total. The van der Waals surface area contributed by atoms with Crippen molar-refractivity contribution < 1.29 is 4.79 Å². The number of rotatable bonds is 7. The van der Waals surface area contributed by atoms with Crippen molar-refractivity contribution in [2.45, 2.75) is 12.8 Å². The van der Waals surface area contributed by atoms with E-state index in [1.807, 2.05) is 30.3 Å². The summed E-state index contributed by atoms with van der Waals surface area (Å²) in [5.74, 6) is 0.112. The highest BCUT2D eigenvalue weighted by Gasteiger charge is 2.17. The van der Waals surface area contributed by atoms with E-state index in [-0.39, 0.29) is 5.91 Å². The molecule has 0 unspecified atom stereocenters. The number of nitrogens with one attached hydrogen (secondary N) is 1. The van der Waals surface area contributed by atoms with Crippen molar-refractivity contribution in [3.05, 3.63) is 59.4 Å². The minimum Gasteiger partial charge on any atom is -0.369 e. The lowest BCUT2D eigenvalue weighted by atomic mass is 10.2. The minimum absolute atomic E-state index is 0.112. The quantitative estimate of drug-likeness (QED) is 0.811. The minimum atomic E-state index is 0.112. The zero-order valence-electron chi connectivity index (χ0n) is 14.9. The van der Waals surface area contributed by atoms with E-state index in [2.05, 4.69) is 32.2 Å². The van der Waals surface area contributed by atoms with E-state index in [0.717, 1.165) is 49.9 Å². The maximum Gasteiger partial charge on any atom is 0.221 e. The Morgan fingerprint density at radius 2 is 1.85 bits per heavy atom. The Hall–Kier alpha value is -2.11. The fraction of sp³-hybridized carbons (Fsp3) is 0.400. The molecule has 0 radical (unpaired) electrons. The van der Waals surface area contributed by atoms with E-state index < -0.39 is 0 Å². The number of benzene rings is 1. The maximum atomic E-state index is 12.0. The number of anilines is 1. The zero-order chi connectivity index (χ0) is 18.2. The third-order valence-electron chi connectivity index (χ3n) is 4.65. The van der Waals surface area contributed by atoms with Crippen LogP contribution in [0.1, 0.15) is 12.1 Å². The molecule has 1 saturated heterocycles. The highest BCUT2D eigenvalue weighted by Crippen LogP contribution is 2.19.